The van der Waals surface area contributed by atoms with Gasteiger partial charge >= 0.3 is 6.01 Å². The standard InChI is InChI=1S/C31H32ClF2N5O3/c1-38(2)15-30(7-8-30)17-41-29-36-27-21(28(37-29)39-10-3-6-31(16-39)9-11-42-31)14-35-26(25(27)34)20-13-19(40)12-18-4-5-22(33)24(32)23(18)20/h4-5,12-14,40H,3,6-11,15-17H2,1-2H3. The number of benzene rings is 2. The first-order valence-electron chi connectivity index (χ1n) is 14.3. The summed E-state index contributed by atoms with van der Waals surface area (Å²) in [5.41, 5.74) is -0.0849. The van der Waals surface area contributed by atoms with Gasteiger partial charge in [0.1, 0.15) is 28.6 Å². The minimum Gasteiger partial charge on any atom is -0.508 e. The Morgan fingerprint density at radius 3 is 2.67 bits per heavy atom. The number of phenolic OH excluding ortho intramolecular Hbond substituents is 1. The number of anilines is 1. The molecule has 42 heavy (non-hydrogen) atoms. The molecular formula is C31H32ClF2N5O3. The van der Waals surface area contributed by atoms with Crippen molar-refractivity contribution < 1.29 is 23.4 Å². The fourth-order valence-corrected chi connectivity index (χ4v) is 6.76. The van der Waals surface area contributed by atoms with Crippen LogP contribution in [-0.2, 0) is 4.74 Å². The van der Waals surface area contributed by atoms with Crippen LogP contribution < -0.4 is 9.64 Å². The van der Waals surface area contributed by atoms with Crippen LogP contribution in [0.4, 0.5) is 14.6 Å². The summed E-state index contributed by atoms with van der Waals surface area (Å²) in [5.74, 6) is -0.954. The third-order valence-electron chi connectivity index (χ3n) is 8.81. The second kappa shape index (κ2) is 10.1. The van der Waals surface area contributed by atoms with Gasteiger partial charge in [-0.3, -0.25) is 4.98 Å². The minimum atomic E-state index is -0.728. The number of aromatic hydroxyl groups is 1. The number of rotatable bonds is 7. The highest BCUT2D eigenvalue weighted by atomic mass is 35.5. The summed E-state index contributed by atoms with van der Waals surface area (Å²) >= 11 is 6.35. The summed E-state index contributed by atoms with van der Waals surface area (Å²) in [6, 6.07) is 5.58. The van der Waals surface area contributed by atoms with Gasteiger partial charge in [-0.15, -0.1) is 0 Å². The maximum absolute atomic E-state index is 16.6. The van der Waals surface area contributed by atoms with Gasteiger partial charge in [-0.05, 0) is 63.4 Å². The highest BCUT2D eigenvalue weighted by Gasteiger charge is 2.45. The van der Waals surface area contributed by atoms with Crippen LogP contribution in [0.1, 0.15) is 32.1 Å². The molecule has 3 aliphatic rings. The first-order valence-corrected chi connectivity index (χ1v) is 14.7. The van der Waals surface area contributed by atoms with Gasteiger partial charge in [-0.1, -0.05) is 17.7 Å². The van der Waals surface area contributed by atoms with Crippen molar-refractivity contribution in [2.75, 3.05) is 51.8 Å². The van der Waals surface area contributed by atoms with Crippen molar-refractivity contribution in [1.29, 1.82) is 0 Å². The van der Waals surface area contributed by atoms with E-state index in [1.165, 1.54) is 30.5 Å². The van der Waals surface area contributed by atoms with Crippen molar-refractivity contribution in [3.63, 3.8) is 0 Å². The van der Waals surface area contributed by atoms with Gasteiger partial charge in [0.25, 0.3) is 0 Å². The van der Waals surface area contributed by atoms with Gasteiger partial charge in [-0.25, -0.2) is 8.78 Å². The zero-order valence-electron chi connectivity index (χ0n) is 23.6. The Labute approximate surface area is 247 Å². The molecule has 1 saturated carbocycles. The molecular weight excluding hydrogens is 564 g/mol. The molecule has 2 aliphatic heterocycles. The van der Waals surface area contributed by atoms with Gasteiger partial charge in [0.05, 0.1) is 29.2 Å². The lowest BCUT2D eigenvalue weighted by Gasteiger charge is -2.48. The Kier molecular flexibility index (Phi) is 6.64. The van der Waals surface area contributed by atoms with Crippen LogP contribution in [0.3, 0.4) is 0 Å². The summed E-state index contributed by atoms with van der Waals surface area (Å²) in [7, 11) is 4.07. The first-order chi connectivity index (χ1) is 20.2. The summed E-state index contributed by atoms with van der Waals surface area (Å²) in [6.07, 6.45) is 6.49. The molecule has 1 N–H and O–H groups in total. The predicted molar refractivity (Wildman–Crippen MR) is 157 cm³/mol. The van der Waals surface area contributed by atoms with Crippen molar-refractivity contribution in [3.8, 4) is 23.0 Å². The van der Waals surface area contributed by atoms with E-state index in [2.05, 4.69) is 19.8 Å². The number of phenols is 1. The minimum absolute atomic E-state index is 0.0280. The molecule has 2 aromatic heterocycles. The summed E-state index contributed by atoms with van der Waals surface area (Å²) in [6.45, 7) is 3.41. The number of fused-ring (bicyclic) bond motifs is 2. The third-order valence-corrected chi connectivity index (χ3v) is 9.18. The van der Waals surface area contributed by atoms with Crippen LogP contribution in [0.5, 0.6) is 11.8 Å². The Balaban J connectivity index is 1.36. The first kappa shape index (κ1) is 27.5. The van der Waals surface area contributed by atoms with Crippen LogP contribution in [0.2, 0.25) is 5.02 Å². The molecule has 2 aromatic carbocycles. The smallest absolute Gasteiger partial charge is 0.319 e. The lowest BCUT2D eigenvalue weighted by Crippen LogP contribution is -2.56. The molecule has 7 rings (SSSR count). The van der Waals surface area contributed by atoms with Gasteiger partial charge in [-0.2, -0.15) is 9.97 Å². The van der Waals surface area contributed by atoms with E-state index in [4.69, 9.17) is 26.1 Å². The molecule has 11 heteroatoms. The number of ether oxygens (including phenoxy) is 2. The molecule has 2 saturated heterocycles. The van der Waals surface area contributed by atoms with Gasteiger partial charge in [0.15, 0.2) is 5.82 Å². The maximum Gasteiger partial charge on any atom is 0.319 e. The van der Waals surface area contributed by atoms with Gasteiger partial charge < -0.3 is 24.4 Å². The van der Waals surface area contributed by atoms with Crippen molar-refractivity contribution in [2.24, 2.45) is 5.41 Å². The summed E-state index contributed by atoms with van der Waals surface area (Å²) < 4.78 is 43.3. The van der Waals surface area contributed by atoms with Crippen LogP contribution in [0.25, 0.3) is 32.9 Å². The highest BCUT2D eigenvalue weighted by Crippen LogP contribution is 2.47. The molecule has 4 aromatic rings. The zero-order chi connectivity index (χ0) is 29.2. The normalized spacial score (nSPS) is 21.3. The van der Waals surface area contributed by atoms with Gasteiger partial charge in [0, 0.05) is 48.6 Å². The fraction of sp³-hybridized carbons (Fsp3) is 0.452. The number of halogens is 3. The Morgan fingerprint density at radius 1 is 1.14 bits per heavy atom. The van der Waals surface area contributed by atoms with Crippen molar-refractivity contribution >= 4 is 39.1 Å². The van der Waals surface area contributed by atoms with Crippen molar-refractivity contribution in [1.82, 2.24) is 19.9 Å². The Morgan fingerprint density at radius 2 is 1.95 bits per heavy atom. The molecule has 0 amide bonds. The molecule has 0 bridgehead atoms. The van der Waals surface area contributed by atoms with E-state index in [9.17, 15) is 9.50 Å². The largest absolute Gasteiger partial charge is 0.508 e. The molecule has 8 nitrogen and oxygen atoms in total. The van der Waals surface area contributed by atoms with E-state index in [1.54, 1.807) is 0 Å². The second-order valence-corrected chi connectivity index (χ2v) is 12.7. The zero-order valence-corrected chi connectivity index (χ0v) is 24.3. The topological polar surface area (TPSA) is 83.8 Å². The van der Waals surface area contributed by atoms with E-state index < -0.39 is 11.6 Å². The molecule has 0 radical (unpaired) electrons. The van der Waals surface area contributed by atoms with E-state index in [0.29, 0.717) is 29.7 Å². The average Bonchev–Trinajstić information content (AvgIpc) is 3.71. The number of pyridine rings is 1. The van der Waals surface area contributed by atoms with Crippen molar-refractivity contribution in [3.05, 3.63) is 47.1 Å². The van der Waals surface area contributed by atoms with E-state index in [0.717, 1.165) is 51.8 Å². The molecule has 4 heterocycles. The number of hydrogen-bond acceptors (Lipinski definition) is 8. The molecule has 1 atom stereocenters. The Hall–Kier alpha value is -3.34. The SMILES string of the molecule is CN(C)CC1(COc2nc(N3CCCC4(CCO4)C3)c3cnc(-c4cc(O)cc5ccc(F)c(Cl)c45)c(F)c3n2)CC1. The predicted octanol–water partition coefficient (Wildman–Crippen LogP) is 5.96. The van der Waals surface area contributed by atoms with E-state index in [-0.39, 0.29) is 50.0 Å². The van der Waals surface area contributed by atoms with E-state index in [1.807, 2.05) is 14.1 Å². The van der Waals surface area contributed by atoms with Crippen LogP contribution in [0, 0.1) is 17.0 Å². The van der Waals surface area contributed by atoms with Gasteiger partial charge in [0.2, 0.25) is 0 Å². The Bertz CT molecular complexity index is 1710. The number of nitrogens with zero attached hydrogens (tertiary/aromatic N) is 5. The molecule has 1 unspecified atom stereocenters. The van der Waals surface area contributed by atoms with Crippen LogP contribution >= 0.6 is 11.6 Å². The van der Waals surface area contributed by atoms with Crippen molar-refractivity contribution in [2.45, 2.75) is 37.7 Å². The molecule has 1 spiro atoms. The summed E-state index contributed by atoms with van der Waals surface area (Å²) in [4.78, 5) is 18.1. The monoisotopic (exact) mass is 595 g/mol. The molecule has 3 fully saturated rings. The number of aromatic nitrogens is 3. The maximum atomic E-state index is 16.6. The fourth-order valence-electron chi connectivity index (χ4n) is 6.49. The average molecular weight is 596 g/mol. The second-order valence-electron chi connectivity index (χ2n) is 12.3. The number of hydrogen-bond donors (Lipinski definition) is 1. The lowest BCUT2D eigenvalue weighted by molar-refractivity contribution is -0.151. The third kappa shape index (κ3) is 4.79. The summed E-state index contributed by atoms with van der Waals surface area (Å²) in [5, 5.41) is 11.4. The quantitative estimate of drug-likeness (QED) is 0.280. The van der Waals surface area contributed by atoms with Crippen LogP contribution in [0.15, 0.2) is 30.5 Å². The molecule has 1 aliphatic carbocycles. The van der Waals surface area contributed by atoms with Crippen LogP contribution in [-0.4, -0.2) is 77.5 Å². The number of piperidine rings is 1. The van der Waals surface area contributed by atoms with E-state index >= 15 is 4.39 Å². The lowest BCUT2D eigenvalue weighted by atomic mass is 9.86. The highest BCUT2D eigenvalue weighted by molar-refractivity contribution is 6.37. The molecule has 220 valence electrons.